The molecule has 21 heavy (non-hydrogen) atoms. The van der Waals surface area contributed by atoms with Crippen molar-refractivity contribution in [2.75, 3.05) is 18.0 Å². The molecular formula is C18H27NO2. The first-order valence-corrected chi connectivity index (χ1v) is 8.02. The van der Waals surface area contributed by atoms with Crippen molar-refractivity contribution >= 4 is 11.7 Å². The Morgan fingerprint density at radius 1 is 1.48 bits per heavy atom. The zero-order valence-electron chi connectivity index (χ0n) is 13.4. The van der Waals surface area contributed by atoms with Gasteiger partial charge in [0.25, 0.3) is 0 Å². The third kappa shape index (κ3) is 3.58. The molecule has 0 radical (unpaired) electrons. The van der Waals surface area contributed by atoms with Crippen LogP contribution in [0.1, 0.15) is 45.1 Å². The highest BCUT2D eigenvalue weighted by atomic mass is 16.4. The van der Waals surface area contributed by atoms with Gasteiger partial charge in [0, 0.05) is 18.8 Å². The van der Waals surface area contributed by atoms with Crippen LogP contribution in [0.15, 0.2) is 24.3 Å². The first-order valence-electron chi connectivity index (χ1n) is 8.02. The Hall–Kier alpha value is -1.51. The van der Waals surface area contributed by atoms with Gasteiger partial charge in [-0.3, -0.25) is 4.79 Å². The number of benzene rings is 1. The van der Waals surface area contributed by atoms with E-state index in [1.807, 2.05) is 6.07 Å². The smallest absolute Gasteiger partial charge is 0.311 e. The van der Waals surface area contributed by atoms with Crippen LogP contribution in [0, 0.1) is 18.3 Å². The van der Waals surface area contributed by atoms with Crippen LogP contribution in [-0.4, -0.2) is 24.2 Å². The molecule has 1 fully saturated rings. The van der Waals surface area contributed by atoms with Gasteiger partial charge in [-0.1, -0.05) is 31.9 Å². The average Bonchev–Trinajstić information content (AvgIpc) is 2.44. The molecule has 2 atom stereocenters. The number of nitrogens with zero attached hydrogens (tertiary/aromatic N) is 1. The molecule has 2 rings (SSSR count). The second-order valence-corrected chi connectivity index (χ2v) is 6.64. The Bertz CT molecular complexity index is 500. The van der Waals surface area contributed by atoms with Gasteiger partial charge in [0.1, 0.15) is 0 Å². The minimum Gasteiger partial charge on any atom is -0.481 e. The standard InChI is InChI=1S/C18H27NO2/c1-4-19(16-9-5-7-14(2)11-16)13-18(17(20)21)10-6-8-15(3)12-18/h5,7,9,11,15H,4,6,8,10,12-13H2,1-3H3,(H,20,21). The van der Waals surface area contributed by atoms with Crippen LogP contribution in [0.4, 0.5) is 5.69 Å². The lowest BCUT2D eigenvalue weighted by Crippen LogP contribution is -2.46. The molecule has 0 aliphatic heterocycles. The van der Waals surface area contributed by atoms with E-state index in [-0.39, 0.29) is 0 Å². The van der Waals surface area contributed by atoms with Crippen molar-refractivity contribution in [2.24, 2.45) is 11.3 Å². The van der Waals surface area contributed by atoms with E-state index < -0.39 is 11.4 Å². The predicted octanol–water partition coefficient (Wildman–Crippen LogP) is 4.10. The highest BCUT2D eigenvalue weighted by Gasteiger charge is 2.43. The van der Waals surface area contributed by atoms with E-state index in [1.165, 1.54) is 5.56 Å². The van der Waals surface area contributed by atoms with Gasteiger partial charge in [-0.2, -0.15) is 0 Å². The minimum atomic E-state index is -0.625. The summed E-state index contributed by atoms with van der Waals surface area (Å²) in [6, 6.07) is 8.35. The molecule has 0 spiro atoms. The van der Waals surface area contributed by atoms with Crippen molar-refractivity contribution in [3.63, 3.8) is 0 Å². The first kappa shape index (κ1) is 15.9. The molecule has 3 heteroatoms. The summed E-state index contributed by atoms with van der Waals surface area (Å²) in [7, 11) is 0. The number of carbonyl (C=O) groups is 1. The number of carboxylic acid groups (broad SMARTS) is 1. The largest absolute Gasteiger partial charge is 0.481 e. The highest BCUT2D eigenvalue weighted by Crippen LogP contribution is 2.41. The zero-order chi connectivity index (χ0) is 15.5. The SMILES string of the molecule is CCN(CC1(C(=O)O)CCCC(C)C1)c1cccc(C)c1. The van der Waals surface area contributed by atoms with E-state index in [2.05, 4.69) is 43.9 Å². The van der Waals surface area contributed by atoms with Crippen molar-refractivity contribution in [2.45, 2.75) is 46.5 Å². The molecule has 0 amide bonds. The lowest BCUT2D eigenvalue weighted by molar-refractivity contribution is -0.151. The fourth-order valence-electron chi connectivity index (χ4n) is 3.64. The second-order valence-electron chi connectivity index (χ2n) is 6.64. The van der Waals surface area contributed by atoms with Gasteiger partial charge < -0.3 is 10.0 Å². The third-order valence-electron chi connectivity index (χ3n) is 4.79. The van der Waals surface area contributed by atoms with Gasteiger partial charge in [-0.25, -0.2) is 0 Å². The monoisotopic (exact) mass is 289 g/mol. The van der Waals surface area contributed by atoms with Crippen molar-refractivity contribution < 1.29 is 9.90 Å². The molecule has 0 saturated heterocycles. The molecular weight excluding hydrogens is 262 g/mol. The average molecular weight is 289 g/mol. The maximum absolute atomic E-state index is 11.9. The van der Waals surface area contributed by atoms with E-state index in [0.29, 0.717) is 12.5 Å². The van der Waals surface area contributed by atoms with Crippen LogP contribution >= 0.6 is 0 Å². The molecule has 3 nitrogen and oxygen atoms in total. The number of rotatable bonds is 5. The summed E-state index contributed by atoms with van der Waals surface area (Å²) in [6.07, 6.45) is 3.78. The van der Waals surface area contributed by atoms with Crippen LogP contribution in [0.25, 0.3) is 0 Å². The fraction of sp³-hybridized carbons (Fsp3) is 0.611. The quantitative estimate of drug-likeness (QED) is 0.887. The summed E-state index contributed by atoms with van der Waals surface area (Å²) in [5, 5.41) is 9.83. The van der Waals surface area contributed by atoms with Crippen LogP contribution in [0.5, 0.6) is 0 Å². The molecule has 1 aromatic carbocycles. The van der Waals surface area contributed by atoms with E-state index >= 15 is 0 Å². The Morgan fingerprint density at radius 3 is 2.81 bits per heavy atom. The van der Waals surface area contributed by atoms with Gasteiger partial charge in [-0.15, -0.1) is 0 Å². The van der Waals surface area contributed by atoms with Crippen LogP contribution < -0.4 is 4.90 Å². The van der Waals surface area contributed by atoms with Gasteiger partial charge in [0.2, 0.25) is 0 Å². The summed E-state index contributed by atoms with van der Waals surface area (Å²) in [5.74, 6) is -0.119. The van der Waals surface area contributed by atoms with Crippen molar-refractivity contribution in [3.05, 3.63) is 29.8 Å². The van der Waals surface area contributed by atoms with Crippen molar-refractivity contribution in [1.29, 1.82) is 0 Å². The zero-order valence-corrected chi connectivity index (χ0v) is 13.4. The third-order valence-corrected chi connectivity index (χ3v) is 4.79. The number of hydrogen-bond donors (Lipinski definition) is 1. The Kier molecular flexibility index (Phi) is 4.92. The molecule has 2 unspecified atom stereocenters. The van der Waals surface area contributed by atoms with Crippen LogP contribution in [0.3, 0.4) is 0 Å². The molecule has 116 valence electrons. The maximum atomic E-state index is 11.9. The molecule has 1 aliphatic rings. The minimum absolute atomic E-state index is 0.506. The van der Waals surface area contributed by atoms with Gasteiger partial charge in [0.15, 0.2) is 0 Å². The van der Waals surface area contributed by atoms with E-state index in [1.54, 1.807) is 0 Å². The summed E-state index contributed by atoms with van der Waals surface area (Å²) in [5.41, 5.74) is 1.76. The molecule has 1 N–H and O–H groups in total. The summed E-state index contributed by atoms with van der Waals surface area (Å²) < 4.78 is 0. The van der Waals surface area contributed by atoms with E-state index in [9.17, 15) is 9.90 Å². The number of anilines is 1. The van der Waals surface area contributed by atoms with Crippen LogP contribution in [0.2, 0.25) is 0 Å². The Morgan fingerprint density at radius 2 is 2.24 bits per heavy atom. The predicted molar refractivity (Wildman–Crippen MR) is 86.8 cm³/mol. The summed E-state index contributed by atoms with van der Waals surface area (Å²) >= 11 is 0. The fourth-order valence-corrected chi connectivity index (χ4v) is 3.64. The van der Waals surface area contributed by atoms with E-state index in [0.717, 1.165) is 37.9 Å². The van der Waals surface area contributed by atoms with Gasteiger partial charge in [0.05, 0.1) is 5.41 Å². The highest BCUT2D eigenvalue weighted by molar-refractivity contribution is 5.76. The number of hydrogen-bond acceptors (Lipinski definition) is 2. The summed E-state index contributed by atoms with van der Waals surface area (Å²) in [4.78, 5) is 14.2. The molecule has 0 heterocycles. The number of aliphatic carboxylic acids is 1. The molecule has 1 aromatic rings. The molecule has 1 saturated carbocycles. The van der Waals surface area contributed by atoms with E-state index in [4.69, 9.17) is 0 Å². The number of carboxylic acids is 1. The first-order chi connectivity index (χ1) is 9.97. The topological polar surface area (TPSA) is 40.5 Å². The van der Waals surface area contributed by atoms with Crippen molar-refractivity contribution in [3.8, 4) is 0 Å². The van der Waals surface area contributed by atoms with Gasteiger partial charge >= 0.3 is 5.97 Å². The lowest BCUT2D eigenvalue weighted by Gasteiger charge is -2.40. The Labute approximate surface area is 128 Å². The normalized spacial score (nSPS) is 25.6. The van der Waals surface area contributed by atoms with Gasteiger partial charge in [-0.05, 0) is 50.3 Å². The Balaban J connectivity index is 2.24. The number of aryl methyl sites for hydroxylation is 1. The molecule has 0 aromatic heterocycles. The van der Waals surface area contributed by atoms with Crippen molar-refractivity contribution in [1.82, 2.24) is 0 Å². The summed E-state index contributed by atoms with van der Waals surface area (Å²) in [6.45, 7) is 7.82. The van der Waals surface area contributed by atoms with Crippen LogP contribution in [-0.2, 0) is 4.79 Å². The lowest BCUT2D eigenvalue weighted by atomic mass is 9.69. The second kappa shape index (κ2) is 6.50. The molecule has 0 bridgehead atoms. The molecule has 1 aliphatic carbocycles. The maximum Gasteiger partial charge on any atom is 0.311 e.